The molecule has 0 radical (unpaired) electrons. The minimum absolute atomic E-state index is 0.227. The number of hydrogen-bond acceptors (Lipinski definition) is 2. The van der Waals surface area contributed by atoms with Crippen LogP contribution in [-0.2, 0) is 16.6 Å². The number of rotatable bonds is 3. The van der Waals surface area contributed by atoms with E-state index in [1.54, 1.807) is 0 Å². The molecule has 3 nitrogen and oxygen atoms in total. The van der Waals surface area contributed by atoms with E-state index >= 15 is 0 Å². The Balaban J connectivity index is 1.80. The molecule has 1 saturated carbocycles. The predicted octanol–water partition coefficient (Wildman–Crippen LogP) is 2.65. The molecule has 1 aliphatic carbocycles. The van der Waals surface area contributed by atoms with Gasteiger partial charge in [-0.25, -0.2) is 0 Å². The second-order valence-electron chi connectivity index (χ2n) is 6.51. The first-order valence-electron chi connectivity index (χ1n) is 8.22. The number of aliphatic hydroxyl groups is 1. The van der Waals surface area contributed by atoms with Crippen molar-refractivity contribution in [2.24, 2.45) is 0 Å². The Morgan fingerprint density at radius 2 is 1.86 bits per heavy atom. The largest absolute Gasteiger partial charge is 0.393 e. The Hall–Kier alpha value is -1.35. The Labute approximate surface area is 127 Å². The summed E-state index contributed by atoms with van der Waals surface area (Å²) in [5.41, 5.74) is 2.22. The molecular formula is C18H25NO2. The number of piperidine rings is 1. The Bertz CT molecular complexity index is 496. The third-order valence-electron chi connectivity index (χ3n) is 5.28. The normalized spacial score (nSPS) is 21.9. The summed E-state index contributed by atoms with van der Waals surface area (Å²) in [6.07, 6.45) is 5.32. The number of nitrogens with zero attached hydrogens (tertiary/aromatic N) is 1. The molecule has 2 aliphatic rings. The smallest absolute Gasteiger partial charge is 0.233 e. The first-order chi connectivity index (χ1) is 10.2. The van der Waals surface area contributed by atoms with Gasteiger partial charge in [-0.3, -0.25) is 4.79 Å². The quantitative estimate of drug-likeness (QED) is 0.928. The second kappa shape index (κ2) is 5.80. The van der Waals surface area contributed by atoms with E-state index in [4.69, 9.17) is 0 Å². The van der Waals surface area contributed by atoms with Crippen LogP contribution in [0.3, 0.4) is 0 Å². The van der Waals surface area contributed by atoms with Crippen molar-refractivity contribution in [1.82, 2.24) is 4.90 Å². The zero-order valence-corrected chi connectivity index (χ0v) is 12.8. The van der Waals surface area contributed by atoms with E-state index in [1.165, 1.54) is 11.1 Å². The van der Waals surface area contributed by atoms with Crippen LogP contribution in [0.4, 0.5) is 0 Å². The molecule has 1 N–H and O–H groups in total. The SMILES string of the molecule is CCc1ccc(C2(C(=O)N3CCC(O)CC3)CCC2)cc1. The highest BCUT2D eigenvalue weighted by Crippen LogP contribution is 2.45. The Morgan fingerprint density at radius 1 is 1.24 bits per heavy atom. The molecule has 0 spiro atoms. The first-order valence-corrected chi connectivity index (χ1v) is 8.22. The molecule has 3 rings (SSSR count). The van der Waals surface area contributed by atoms with Gasteiger partial charge in [0, 0.05) is 13.1 Å². The molecule has 1 heterocycles. The van der Waals surface area contributed by atoms with Crippen LogP contribution in [0.25, 0.3) is 0 Å². The van der Waals surface area contributed by atoms with Crippen molar-refractivity contribution in [1.29, 1.82) is 0 Å². The van der Waals surface area contributed by atoms with Crippen LogP contribution in [0.1, 0.15) is 50.2 Å². The molecule has 114 valence electrons. The van der Waals surface area contributed by atoms with Gasteiger partial charge in [0.05, 0.1) is 11.5 Å². The van der Waals surface area contributed by atoms with E-state index in [2.05, 4.69) is 31.2 Å². The minimum atomic E-state index is -0.283. The Kier molecular flexibility index (Phi) is 4.03. The van der Waals surface area contributed by atoms with Gasteiger partial charge in [0.15, 0.2) is 0 Å². The molecule has 0 unspecified atom stereocenters. The van der Waals surface area contributed by atoms with Crippen LogP contribution in [0.5, 0.6) is 0 Å². The van der Waals surface area contributed by atoms with Crippen molar-refractivity contribution in [3.63, 3.8) is 0 Å². The number of likely N-dealkylation sites (tertiary alicyclic amines) is 1. The van der Waals surface area contributed by atoms with Crippen LogP contribution < -0.4 is 0 Å². The lowest BCUT2D eigenvalue weighted by atomic mass is 9.63. The highest BCUT2D eigenvalue weighted by Gasteiger charge is 2.47. The van der Waals surface area contributed by atoms with Crippen molar-refractivity contribution >= 4 is 5.91 Å². The summed E-state index contributed by atoms with van der Waals surface area (Å²) in [7, 11) is 0. The molecule has 21 heavy (non-hydrogen) atoms. The van der Waals surface area contributed by atoms with Crippen LogP contribution in [0.2, 0.25) is 0 Å². The van der Waals surface area contributed by atoms with Gasteiger partial charge in [-0.05, 0) is 43.2 Å². The maximum Gasteiger partial charge on any atom is 0.233 e. The second-order valence-corrected chi connectivity index (χ2v) is 6.51. The lowest BCUT2D eigenvalue weighted by Gasteiger charge is -2.45. The molecule has 0 aromatic heterocycles. The van der Waals surface area contributed by atoms with Crippen molar-refractivity contribution in [3.05, 3.63) is 35.4 Å². The topological polar surface area (TPSA) is 40.5 Å². The van der Waals surface area contributed by atoms with Crippen molar-refractivity contribution in [2.45, 2.75) is 57.0 Å². The lowest BCUT2D eigenvalue weighted by Crippen LogP contribution is -2.53. The fourth-order valence-corrected chi connectivity index (χ4v) is 3.59. The maximum atomic E-state index is 13.0. The van der Waals surface area contributed by atoms with Crippen molar-refractivity contribution < 1.29 is 9.90 Å². The van der Waals surface area contributed by atoms with Gasteiger partial charge in [-0.15, -0.1) is 0 Å². The summed E-state index contributed by atoms with van der Waals surface area (Å²) in [6.45, 7) is 3.56. The standard InChI is InChI=1S/C18H25NO2/c1-2-14-4-6-15(7-5-14)18(10-3-11-18)17(21)19-12-8-16(20)9-13-19/h4-7,16,20H,2-3,8-13H2,1H3. The van der Waals surface area contributed by atoms with Crippen LogP contribution in [0.15, 0.2) is 24.3 Å². The average molecular weight is 287 g/mol. The maximum absolute atomic E-state index is 13.0. The lowest BCUT2D eigenvalue weighted by molar-refractivity contribution is -0.143. The molecule has 1 aliphatic heterocycles. The van der Waals surface area contributed by atoms with E-state index in [9.17, 15) is 9.90 Å². The molecular weight excluding hydrogens is 262 g/mol. The summed E-state index contributed by atoms with van der Waals surface area (Å²) in [5, 5.41) is 9.62. The van der Waals surface area contributed by atoms with E-state index in [1.807, 2.05) is 4.90 Å². The molecule has 1 aromatic rings. The third-order valence-corrected chi connectivity index (χ3v) is 5.28. The highest BCUT2D eigenvalue weighted by molar-refractivity contribution is 5.89. The predicted molar refractivity (Wildman–Crippen MR) is 83.2 cm³/mol. The fourth-order valence-electron chi connectivity index (χ4n) is 3.59. The average Bonchev–Trinajstić information content (AvgIpc) is 2.47. The number of amides is 1. The van der Waals surface area contributed by atoms with E-state index in [-0.39, 0.29) is 17.4 Å². The van der Waals surface area contributed by atoms with Gasteiger partial charge in [-0.1, -0.05) is 37.6 Å². The number of carbonyl (C=O) groups is 1. The van der Waals surface area contributed by atoms with Gasteiger partial charge >= 0.3 is 0 Å². The Morgan fingerprint density at radius 3 is 2.33 bits per heavy atom. The van der Waals surface area contributed by atoms with Gasteiger partial charge in [-0.2, -0.15) is 0 Å². The molecule has 0 bridgehead atoms. The third kappa shape index (κ3) is 2.59. The van der Waals surface area contributed by atoms with Crippen LogP contribution >= 0.6 is 0 Å². The monoisotopic (exact) mass is 287 g/mol. The van der Waals surface area contributed by atoms with Crippen LogP contribution in [-0.4, -0.2) is 35.1 Å². The number of carbonyl (C=O) groups excluding carboxylic acids is 1. The summed E-state index contributed by atoms with van der Waals surface area (Å²) in [4.78, 5) is 15.0. The number of benzene rings is 1. The highest BCUT2D eigenvalue weighted by atomic mass is 16.3. The first kappa shape index (κ1) is 14.6. The van der Waals surface area contributed by atoms with E-state index in [0.29, 0.717) is 13.1 Å². The van der Waals surface area contributed by atoms with E-state index in [0.717, 1.165) is 38.5 Å². The van der Waals surface area contributed by atoms with Gasteiger partial charge in [0.1, 0.15) is 0 Å². The van der Waals surface area contributed by atoms with E-state index < -0.39 is 0 Å². The molecule has 2 fully saturated rings. The molecule has 0 atom stereocenters. The van der Waals surface area contributed by atoms with Crippen molar-refractivity contribution in [3.8, 4) is 0 Å². The number of hydrogen-bond donors (Lipinski definition) is 1. The summed E-state index contributed by atoms with van der Waals surface area (Å²) < 4.78 is 0. The summed E-state index contributed by atoms with van der Waals surface area (Å²) in [5.74, 6) is 0.282. The fraction of sp³-hybridized carbons (Fsp3) is 0.611. The molecule has 3 heteroatoms. The minimum Gasteiger partial charge on any atom is -0.393 e. The molecule has 1 amide bonds. The van der Waals surface area contributed by atoms with Crippen LogP contribution in [0, 0.1) is 0 Å². The van der Waals surface area contributed by atoms with Gasteiger partial charge in [0.2, 0.25) is 5.91 Å². The van der Waals surface area contributed by atoms with Gasteiger partial charge in [0.25, 0.3) is 0 Å². The molecule has 1 saturated heterocycles. The molecule has 1 aromatic carbocycles. The zero-order valence-electron chi connectivity index (χ0n) is 12.8. The summed E-state index contributed by atoms with van der Waals surface area (Å²) in [6, 6.07) is 8.61. The number of aryl methyl sites for hydroxylation is 1. The zero-order chi connectivity index (χ0) is 14.9. The summed E-state index contributed by atoms with van der Waals surface area (Å²) >= 11 is 0. The number of aliphatic hydroxyl groups excluding tert-OH is 1. The van der Waals surface area contributed by atoms with Crippen molar-refractivity contribution in [2.75, 3.05) is 13.1 Å². The van der Waals surface area contributed by atoms with Gasteiger partial charge < -0.3 is 10.0 Å².